The molecule has 1 aliphatic heterocycles. The van der Waals surface area contributed by atoms with Crippen molar-refractivity contribution in [2.75, 3.05) is 5.75 Å². The summed E-state index contributed by atoms with van der Waals surface area (Å²) in [6.07, 6.45) is 1.04. The van der Waals surface area contributed by atoms with Crippen LogP contribution in [0.25, 0.3) is 11.1 Å². The molecule has 0 radical (unpaired) electrons. The Kier molecular flexibility index (Phi) is 9.29. The first kappa shape index (κ1) is 28.1. The summed E-state index contributed by atoms with van der Waals surface area (Å²) >= 11 is 1.68. The van der Waals surface area contributed by atoms with Crippen molar-refractivity contribution in [3.05, 3.63) is 119 Å². The van der Waals surface area contributed by atoms with Crippen molar-refractivity contribution in [1.82, 2.24) is 10.3 Å². The number of amides is 1. The molecule has 2 heterocycles. The molecular weight excluding hydrogens is 520 g/mol. The molecule has 1 aliphatic rings. The van der Waals surface area contributed by atoms with Gasteiger partial charge in [0.2, 0.25) is 5.91 Å². The van der Waals surface area contributed by atoms with Gasteiger partial charge in [-0.3, -0.25) is 4.79 Å². The molecule has 1 aromatic heterocycles. The van der Waals surface area contributed by atoms with Crippen LogP contribution in [0.5, 0.6) is 0 Å². The zero-order chi connectivity index (χ0) is 27.9. The van der Waals surface area contributed by atoms with E-state index in [4.69, 9.17) is 9.47 Å². The van der Waals surface area contributed by atoms with E-state index in [9.17, 15) is 9.90 Å². The molecule has 0 spiro atoms. The van der Waals surface area contributed by atoms with Crippen LogP contribution in [0.1, 0.15) is 48.5 Å². The molecule has 206 valence electrons. The van der Waals surface area contributed by atoms with E-state index in [1.165, 1.54) is 6.92 Å². The molecule has 0 aliphatic carbocycles. The van der Waals surface area contributed by atoms with Gasteiger partial charge < -0.3 is 19.9 Å². The lowest BCUT2D eigenvalue weighted by Gasteiger charge is -2.41. The Labute approximate surface area is 239 Å². The number of benzene rings is 3. The van der Waals surface area contributed by atoms with Crippen LogP contribution < -0.4 is 5.32 Å². The Morgan fingerprint density at radius 2 is 1.65 bits per heavy atom. The van der Waals surface area contributed by atoms with Gasteiger partial charge in [-0.05, 0) is 39.9 Å². The Hall–Kier alpha value is -3.49. The highest BCUT2D eigenvalue weighted by Gasteiger charge is 2.38. The van der Waals surface area contributed by atoms with Gasteiger partial charge in [0.1, 0.15) is 0 Å². The highest BCUT2D eigenvalue weighted by atomic mass is 32.2. The topological polar surface area (TPSA) is 80.7 Å². The van der Waals surface area contributed by atoms with E-state index >= 15 is 0 Å². The van der Waals surface area contributed by atoms with Crippen LogP contribution >= 0.6 is 11.8 Å². The van der Waals surface area contributed by atoms with E-state index in [0.29, 0.717) is 6.54 Å². The molecule has 4 atom stereocenters. The van der Waals surface area contributed by atoms with E-state index < -0.39 is 6.29 Å². The van der Waals surface area contributed by atoms with Crippen LogP contribution in [0.2, 0.25) is 0 Å². The third-order valence-corrected chi connectivity index (χ3v) is 8.23. The number of hydrogen-bond acceptors (Lipinski definition) is 6. The average Bonchev–Trinajstić information content (AvgIpc) is 3.00. The highest BCUT2D eigenvalue weighted by molar-refractivity contribution is 7.99. The first-order valence-corrected chi connectivity index (χ1v) is 14.5. The Balaban J connectivity index is 1.39. The molecule has 0 saturated carbocycles. The van der Waals surface area contributed by atoms with E-state index in [0.717, 1.165) is 44.2 Å². The van der Waals surface area contributed by atoms with Crippen LogP contribution in [0.15, 0.2) is 102 Å². The number of nitrogens with one attached hydrogen (secondary N) is 1. The number of nitrogens with zero attached hydrogens (tertiary/aromatic N) is 1. The summed E-state index contributed by atoms with van der Waals surface area (Å²) in [5, 5.41) is 13.4. The van der Waals surface area contributed by atoms with E-state index in [1.807, 2.05) is 60.7 Å². The first-order chi connectivity index (χ1) is 19.5. The second-order valence-corrected chi connectivity index (χ2v) is 11.0. The Morgan fingerprint density at radius 3 is 2.35 bits per heavy atom. The number of carbonyl (C=O) groups is 1. The fourth-order valence-electron chi connectivity index (χ4n) is 4.91. The lowest BCUT2D eigenvalue weighted by molar-refractivity contribution is -0.268. The maximum atomic E-state index is 11.5. The van der Waals surface area contributed by atoms with Gasteiger partial charge in [-0.1, -0.05) is 85.8 Å². The number of aromatic nitrogens is 1. The molecule has 0 bridgehead atoms. The highest BCUT2D eigenvalue weighted by Crippen LogP contribution is 2.43. The predicted molar refractivity (Wildman–Crippen MR) is 157 cm³/mol. The smallest absolute Gasteiger partial charge is 0.217 e. The third kappa shape index (κ3) is 6.80. The average molecular weight is 555 g/mol. The number of ether oxygens (including phenoxy) is 2. The van der Waals surface area contributed by atoms with Crippen LogP contribution in [-0.4, -0.2) is 27.9 Å². The van der Waals surface area contributed by atoms with Crippen molar-refractivity contribution in [3.63, 3.8) is 0 Å². The number of aliphatic hydroxyl groups excluding tert-OH is 1. The fourth-order valence-corrected chi connectivity index (χ4v) is 5.93. The van der Waals surface area contributed by atoms with Gasteiger partial charge in [-0.25, -0.2) is 4.98 Å². The molecule has 1 amide bonds. The molecule has 2 N–H and O–H groups in total. The van der Waals surface area contributed by atoms with Crippen molar-refractivity contribution < 1.29 is 19.4 Å². The number of thioether (sulfide) groups is 1. The number of aliphatic hydroxyl groups is 1. The predicted octanol–water partition coefficient (Wildman–Crippen LogP) is 6.46. The number of rotatable bonds is 9. The van der Waals surface area contributed by atoms with Crippen LogP contribution in [-0.2, 0) is 27.4 Å². The van der Waals surface area contributed by atoms with Gasteiger partial charge in [0.25, 0.3) is 0 Å². The van der Waals surface area contributed by atoms with Crippen molar-refractivity contribution in [1.29, 1.82) is 0 Å². The monoisotopic (exact) mass is 554 g/mol. The zero-order valence-electron chi connectivity index (χ0n) is 22.7. The van der Waals surface area contributed by atoms with Gasteiger partial charge in [-0.15, -0.1) is 11.8 Å². The first-order valence-electron chi connectivity index (χ1n) is 13.5. The lowest BCUT2D eigenvalue weighted by atomic mass is 9.91. The van der Waals surface area contributed by atoms with Gasteiger partial charge in [0, 0.05) is 36.9 Å². The molecule has 1 saturated heterocycles. The maximum Gasteiger partial charge on any atom is 0.217 e. The van der Waals surface area contributed by atoms with Gasteiger partial charge in [0.05, 0.1) is 23.8 Å². The fraction of sp³-hybridized carbons (Fsp3) is 0.273. The molecule has 7 heteroatoms. The van der Waals surface area contributed by atoms with E-state index in [-0.39, 0.29) is 30.6 Å². The molecule has 6 nitrogen and oxygen atoms in total. The number of hydrogen-bond donors (Lipinski definition) is 2. The molecule has 5 rings (SSSR count). The Morgan fingerprint density at radius 1 is 0.925 bits per heavy atom. The van der Waals surface area contributed by atoms with Crippen molar-refractivity contribution in [3.8, 4) is 11.1 Å². The summed E-state index contributed by atoms with van der Waals surface area (Å²) in [7, 11) is 0. The minimum absolute atomic E-state index is 0.0106. The van der Waals surface area contributed by atoms with Gasteiger partial charge in [0.15, 0.2) is 6.29 Å². The summed E-state index contributed by atoms with van der Waals surface area (Å²) in [6.45, 7) is 4.18. The van der Waals surface area contributed by atoms with Crippen molar-refractivity contribution in [2.45, 2.75) is 50.5 Å². The van der Waals surface area contributed by atoms with Crippen molar-refractivity contribution >= 4 is 17.7 Å². The van der Waals surface area contributed by atoms with Gasteiger partial charge in [-0.2, -0.15) is 0 Å². The van der Waals surface area contributed by atoms with Crippen molar-refractivity contribution in [2.24, 2.45) is 5.92 Å². The quantitative estimate of drug-likeness (QED) is 0.231. The molecule has 1 fully saturated rings. The largest absolute Gasteiger partial charge is 0.392 e. The van der Waals surface area contributed by atoms with Crippen LogP contribution in [0.3, 0.4) is 0 Å². The maximum absolute atomic E-state index is 11.5. The zero-order valence-corrected chi connectivity index (χ0v) is 23.5. The Bertz CT molecular complexity index is 1400. The summed E-state index contributed by atoms with van der Waals surface area (Å²) in [5.41, 5.74) is 6.08. The summed E-state index contributed by atoms with van der Waals surface area (Å²) in [4.78, 5) is 15.9. The summed E-state index contributed by atoms with van der Waals surface area (Å²) in [5.74, 6) is 0.798. The molecule has 0 unspecified atom stereocenters. The van der Waals surface area contributed by atoms with Crippen LogP contribution in [0, 0.1) is 5.92 Å². The number of carbonyl (C=O) groups excluding carboxylic acids is 1. The third-order valence-electron chi connectivity index (χ3n) is 7.20. The lowest BCUT2D eigenvalue weighted by Crippen LogP contribution is -2.38. The van der Waals surface area contributed by atoms with Crippen LogP contribution in [0.4, 0.5) is 0 Å². The van der Waals surface area contributed by atoms with E-state index in [1.54, 1.807) is 18.0 Å². The summed E-state index contributed by atoms with van der Waals surface area (Å²) in [6, 6.07) is 30.2. The second kappa shape index (κ2) is 13.2. The second-order valence-electron chi connectivity index (χ2n) is 9.99. The SMILES string of the molecule is CC(=O)NCc1ccccc1-c1ccc([C@@H]2O[C@H](CSc3ccccn3)[C@H](C)[C@H](c3ccc(CO)cc3)O2)cc1. The van der Waals surface area contributed by atoms with E-state index in [2.05, 4.69) is 47.6 Å². The minimum Gasteiger partial charge on any atom is -0.392 e. The minimum atomic E-state index is -0.531. The molecular formula is C33H34N2O4S. The molecule has 4 aromatic rings. The standard InChI is InChI=1S/C33H34N2O4S/c1-22-30(21-40-31-9-5-6-18-34-31)38-33(39-32(22)26-12-10-24(20-36)11-13-26)27-16-14-25(15-17-27)29-8-4-3-7-28(29)19-35-23(2)37/h3-18,22,30,32-33,36H,19-21H2,1-2H3,(H,35,37)/t22-,30+,32+,33+/m0/s1. The molecule has 40 heavy (non-hydrogen) atoms. The van der Waals surface area contributed by atoms with Gasteiger partial charge >= 0.3 is 0 Å². The number of pyridine rings is 1. The normalized spacial score (nSPS) is 20.7. The summed E-state index contributed by atoms with van der Waals surface area (Å²) < 4.78 is 13.2. The molecule has 3 aromatic carbocycles.